The van der Waals surface area contributed by atoms with E-state index in [0.717, 1.165) is 0 Å². The van der Waals surface area contributed by atoms with Crippen LogP contribution in [-0.2, 0) is 0 Å². The lowest BCUT2D eigenvalue weighted by Crippen LogP contribution is -1.87. The van der Waals surface area contributed by atoms with Crippen LogP contribution in [0.4, 0.5) is 0 Å². The van der Waals surface area contributed by atoms with Crippen LogP contribution >= 0.6 is 11.6 Å². The molecule has 1 aromatic rings. The van der Waals surface area contributed by atoms with E-state index in [9.17, 15) is 4.79 Å². The molecule has 0 bridgehead atoms. The zero-order valence-corrected chi connectivity index (χ0v) is 5.95. The molecule has 0 atom stereocenters. The van der Waals surface area contributed by atoms with Gasteiger partial charge in [-0.25, -0.2) is 0 Å². The second-order valence-corrected chi connectivity index (χ2v) is 1.97. The molecule has 1 aromatic heterocycles. The molecule has 0 saturated heterocycles. The molecule has 6 heteroatoms. The molecule has 0 aromatic carbocycles. The summed E-state index contributed by atoms with van der Waals surface area (Å²) in [5, 5.41) is 2.88. The summed E-state index contributed by atoms with van der Waals surface area (Å²) in [6, 6.07) is 2.72. The molecule has 5 nitrogen and oxygen atoms in total. The first-order chi connectivity index (χ1) is 5.24. The predicted molar refractivity (Wildman–Crippen MR) is 37.2 cm³/mol. The topological polar surface area (TPSA) is 79.0 Å². The summed E-state index contributed by atoms with van der Waals surface area (Å²) in [7, 11) is 0. The van der Waals surface area contributed by atoms with Gasteiger partial charge in [0.1, 0.15) is 0 Å². The van der Waals surface area contributed by atoms with Crippen molar-refractivity contribution in [3.05, 3.63) is 33.6 Å². The van der Waals surface area contributed by atoms with Crippen LogP contribution in [0.15, 0.2) is 21.7 Å². The van der Waals surface area contributed by atoms with Gasteiger partial charge in [0.15, 0.2) is 11.0 Å². The highest BCUT2D eigenvalue weighted by molar-refractivity contribution is 6.29. The Bertz CT molecular complexity index is 326. The normalized spacial score (nSPS) is 8.82. The quantitative estimate of drug-likeness (QED) is 0.369. The highest BCUT2D eigenvalue weighted by Gasteiger charge is 2.06. The Balaban J connectivity index is 2.93. The van der Waals surface area contributed by atoms with Gasteiger partial charge in [0, 0.05) is 4.91 Å². The third-order valence-corrected chi connectivity index (χ3v) is 1.12. The van der Waals surface area contributed by atoms with Gasteiger partial charge in [0.25, 0.3) is 5.91 Å². The number of rotatable bonds is 1. The average Bonchev–Trinajstić information content (AvgIpc) is 2.36. The standard InChI is InChI=1S/C5H2ClN3O2/c6-4-2-1-3(11-4)5(10)8-9-7/h1-2H. The maximum absolute atomic E-state index is 10.7. The Kier molecular flexibility index (Phi) is 2.15. The lowest BCUT2D eigenvalue weighted by molar-refractivity contribution is 0.0974. The van der Waals surface area contributed by atoms with E-state index >= 15 is 0 Å². The van der Waals surface area contributed by atoms with Crippen LogP contribution in [0.2, 0.25) is 5.22 Å². The van der Waals surface area contributed by atoms with Gasteiger partial charge >= 0.3 is 0 Å². The van der Waals surface area contributed by atoms with E-state index in [1.807, 2.05) is 0 Å². The van der Waals surface area contributed by atoms with Crippen molar-refractivity contribution in [1.29, 1.82) is 0 Å². The molecule has 0 saturated carbocycles. The summed E-state index contributed by atoms with van der Waals surface area (Å²) in [4.78, 5) is 13.0. The summed E-state index contributed by atoms with van der Waals surface area (Å²) in [5.41, 5.74) is 7.87. The molecule has 0 spiro atoms. The number of azide groups is 1. The van der Waals surface area contributed by atoms with Crippen LogP contribution in [0.25, 0.3) is 10.4 Å². The van der Waals surface area contributed by atoms with Crippen LogP contribution < -0.4 is 0 Å². The molecule has 0 aliphatic heterocycles. The Hall–Kier alpha value is -1.45. The zero-order valence-electron chi connectivity index (χ0n) is 5.19. The number of hydrogen-bond acceptors (Lipinski definition) is 2. The van der Waals surface area contributed by atoms with Crippen LogP contribution in [0.3, 0.4) is 0 Å². The Morgan fingerprint density at radius 1 is 1.73 bits per heavy atom. The smallest absolute Gasteiger partial charge is 0.284 e. The number of carbonyl (C=O) groups is 1. The van der Waals surface area contributed by atoms with E-state index in [2.05, 4.69) is 14.4 Å². The molecule has 0 unspecified atom stereocenters. The Morgan fingerprint density at radius 3 is 2.91 bits per heavy atom. The van der Waals surface area contributed by atoms with Gasteiger partial charge in [-0.2, -0.15) is 0 Å². The van der Waals surface area contributed by atoms with Crippen molar-refractivity contribution in [1.82, 2.24) is 0 Å². The molecule has 0 aliphatic rings. The SMILES string of the molecule is [N-]=[N+]=NC(=O)c1ccc(Cl)o1. The highest BCUT2D eigenvalue weighted by Crippen LogP contribution is 2.13. The van der Waals surface area contributed by atoms with E-state index in [1.165, 1.54) is 12.1 Å². The van der Waals surface area contributed by atoms with Crippen molar-refractivity contribution in [2.75, 3.05) is 0 Å². The first-order valence-corrected chi connectivity index (χ1v) is 2.96. The maximum atomic E-state index is 10.7. The molecule has 1 rings (SSSR count). The first kappa shape index (κ1) is 7.65. The molecule has 0 N–H and O–H groups in total. The summed E-state index contributed by atoms with van der Waals surface area (Å²) < 4.78 is 4.65. The van der Waals surface area contributed by atoms with Crippen molar-refractivity contribution in [2.45, 2.75) is 0 Å². The second kappa shape index (κ2) is 3.09. The lowest BCUT2D eigenvalue weighted by Gasteiger charge is -1.82. The largest absolute Gasteiger partial charge is 0.441 e. The molecular weight excluding hydrogens is 170 g/mol. The van der Waals surface area contributed by atoms with Gasteiger partial charge in [-0.05, 0) is 34.4 Å². The number of furan rings is 1. The fraction of sp³-hybridized carbons (Fsp3) is 0. The van der Waals surface area contributed by atoms with Gasteiger partial charge in [0.2, 0.25) is 0 Å². The number of amides is 1. The van der Waals surface area contributed by atoms with Crippen molar-refractivity contribution < 1.29 is 9.21 Å². The van der Waals surface area contributed by atoms with Gasteiger partial charge in [0.05, 0.1) is 0 Å². The Morgan fingerprint density at radius 2 is 2.45 bits per heavy atom. The summed E-state index contributed by atoms with van der Waals surface area (Å²) in [5.74, 6) is -0.841. The zero-order chi connectivity index (χ0) is 8.27. The minimum Gasteiger partial charge on any atom is -0.441 e. The van der Waals surface area contributed by atoms with Gasteiger partial charge in [-0.3, -0.25) is 4.79 Å². The van der Waals surface area contributed by atoms with Crippen LogP contribution in [0.5, 0.6) is 0 Å². The van der Waals surface area contributed by atoms with Crippen LogP contribution in [0.1, 0.15) is 10.6 Å². The fourth-order valence-electron chi connectivity index (χ4n) is 0.519. The van der Waals surface area contributed by atoms with Crippen LogP contribution in [0, 0.1) is 0 Å². The van der Waals surface area contributed by atoms with Gasteiger partial charge in [-0.15, -0.1) is 0 Å². The number of hydrogen-bond donors (Lipinski definition) is 0. The molecule has 1 heterocycles. The number of halogens is 1. The molecule has 1 amide bonds. The monoisotopic (exact) mass is 171 g/mol. The third-order valence-electron chi connectivity index (χ3n) is 0.920. The summed E-state index contributed by atoms with van der Waals surface area (Å²) in [6.45, 7) is 0. The van der Waals surface area contributed by atoms with E-state index in [-0.39, 0.29) is 11.0 Å². The third kappa shape index (κ3) is 1.73. The number of carbonyl (C=O) groups excluding carboxylic acids is 1. The molecule has 0 radical (unpaired) electrons. The van der Waals surface area contributed by atoms with Crippen molar-refractivity contribution in [3.63, 3.8) is 0 Å². The molecular formula is C5H2ClN3O2. The number of nitrogens with zero attached hydrogens (tertiary/aromatic N) is 3. The molecule has 56 valence electrons. The second-order valence-electron chi connectivity index (χ2n) is 1.60. The van der Waals surface area contributed by atoms with E-state index < -0.39 is 5.91 Å². The van der Waals surface area contributed by atoms with Crippen molar-refractivity contribution in [3.8, 4) is 0 Å². The molecule has 11 heavy (non-hydrogen) atoms. The van der Waals surface area contributed by atoms with Crippen LogP contribution in [-0.4, -0.2) is 5.91 Å². The fourth-order valence-corrected chi connectivity index (χ4v) is 0.665. The van der Waals surface area contributed by atoms with Crippen molar-refractivity contribution in [2.24, 2.45) is 5.11 Å². The lowest BCUT2D eigenvalue weighted by atomic mass is 10.4. The minimum absolute atomic E-state index is 0.0622. The summed E-state index contributed by atoms with van der Waals surface area (Å²) >= 11 is 5.35. The van der Waals surface area contributed by atoms with E-state index in [1.54, 1.807) is 0 Å². The maximum Gasteiger partial charge on any atom is 0.284 e. The van der Waals surface area contributed by atoms with Gasteiger partial charge in [-0.1, -0.05) is 0 Å². The first-order valence-electron chi connectivity index (χ1n) is 2.59. The summed E-state index contributed by atoms with van der Waals surface area (Å²) in [6.07, 6.45) is 0. The van der Waals surface area contributed by atoms with E-state index in [4.69, 9.17) is 17.1 Å². The van der Waals surface area contributed by atoms with Crippen molar-refractivity contribution >= 4 is 17.5 Å². The Labute approximate surface area is 66.2 Å². The average molecular weight is 172 g/mol. The predicted octanol–water partition coefficient (Wildman–Crippen LogP) is 2.38. The molecule has 0 fully saturated rings. The molecule has 0 aliphatic carbocycles. The highest BCUT2D eigenvalue weighted by atomic mass is 35.5. The minimum atomic E-state index is -0.778. The van der Waals surface area contributed by atoms with E-state index in [0.29, 0.717) is 0 Å². The van der Waals surface area contributed by atoms with Gasteiger partial charge < -0.3 is 4.42 Å².